The highest BCUT2D eigenvalue weighted by atomic mass is 32.2. The van der Waals surface area contributed by atoms with Crippen LogP contribution in [0.25, 0.3) is 0 Å². The lowest BCUT2D eigenvalue weighted by atomic mass is 10.1. The standard InChI is InChI=1S/C21H28N4O5S/c1-4-25-17(10-13(12-22)19(27)28)31-16(18(25)26)8-9-23-14-6-5-7-15(11-14)24-20(29)21(2,3)30/h5-7,11,13,16-17,23,30H,4,8-10H2,1-3H3,(H,24,29)(H,27,28). The molecule has 1 aliphatic rings. The molecule has 1 aromatic carbocycles. The van der Waals surface area contributed by atoms with E-state index < -0.39 is 23.4 Å². The Hall–Kier alpha value is -2.77. The molecule has 0 spiro atoms. The van der Waals surface area contributed by atoms with Crippen molar-refractivity contribution in [1.82, 2.24) is 4.90 Å². The number of carbonyl (C=O) groups excluding carboxylic acids is 2. The summed E-state index contributed by atoms with van der Waals surface area (Å²) in [7, 11) is 0. The predicted octanol–water partition coefficient (Wildman–Crippen LogP) is 2.10. The number of nitrogens with one attached hydrogen (secondary N) is 2. The number of carbonyl (C=O) groups is 3. The minimum Gasteiger partial charge on any atom is -0.480 e. The van der Waals surface area contributed by atoms with Gasteiger partial charge in [0.1, 0.15) is 11.5 Å². The van der Waals surface area contributed by atoms with Crippen LogP contribution in [-0.4, -0.2) is 62.2 Å². The largest absolute Gasteiger partial charge is 0.480 e. The molecule has 9 nitrogen and oxygen atoms in total. The fourth-order valence-electron chi connectivity index (χ4n) is 3.13. The Balaban J connectivity index is 1.93. The quantitative estimate of drug-likeness (QED) is 0.426. The van der Waals surface area contributed by atoms with Crippen LogP contribution in [0.4, 0.5) is 11.4 Å². The highest BCUT2D eigenvalue weighted by molar-refractivity contribution is 8.01. The van der Waals surface area contributed by atoms with Crippen molar-refractivity contribution in [2.24, 2.45) is 5.92 Å². The monoisotopic (exact) mass is 448 g/mol. The van der Waals surface area contributed by atoms with E-state index in [1.165, 1.54) is 25.6 Å². The maximum Gasteiger partial charge on any atom is 0.321 e. The molecule has 168 valence electrons. The lowest BCUT2D eigenvalue weighted by Crippen LogP contribution is -2.36. The Kier molecular flexibility index (Phi) is 8.30. The van der Waals surface area contributed by atoms with Crippen LogP contribution in [0, 0.1) is 17.2 Å². The van der Waals surface area contributed by atoms with E-state index in [0.29, 0.717) is 25.2 Å². The van der Waals surface area contributed by atoms with Gasteiger partial charge in [0, 0.05) is 30.9 Å². The summed E-state index contributed by atoms with van der Waals surface area (Å²) >= 11 is 1.40. The highest BCUT2D eigenvalue weighted by Crippen LogP contribution is 2.36. The Bertz CT molecular complexity index is 864. The number of aliphatic carboxylic acids is 1. The van der Waals surface area contributed by atoms with Crippen LogP contribution < -0.4 is 10.6 Å². The van der Waals surface area contributed by atoms with E-state index in [2.05, 4.69) is 10.6 Å². The zero-order valence-corrected chi connectivity index (χ0v) is 18.6. The molecule has 0 saturated carbocycles. The fourth-order valence-corrected chi connectivity index (χ4v) is 4.72. The van der Waals surface area contributed by atoms with Crippen molar-refractivity contribution in [3.63, 3.8) is 0 Å². The third-order valence-electron chi connectivity index (χ3n) is 4.87. The SMILES string of the molecule is CCN1C(=O)C(CCNc2cccc(NC(=O)C(C)(C)O)c2)SC1CC(C#N)C(=O)O. The summed E-state index contributed by atoms with van der Waals surface area (Å²) < 4.78 is 0. The van der Waals surface area contributed by atoms with E-state index in [4.69, 9.17) is 10.4 Å². The number of rotatable bonds is 10. The van der Waals surface area contributed by atoms with Gasteiger partial charge < -0.3 is 25.7 Å². The van der Waals surface area contributed by atoms with Gasteiger partial charge in [0.2, 0.25) is 5.91 Å². The van der Waals surface area contributed by atoms with Crippen molar-refractivity contribution in [1.29, 1.82) is 5.26 Å². The van der Waals surface area contributed by atoms with Gasteiger partial charge in [-0.15, -0.1) is 11.8 Å². The van der Waals surface area contributed by atoms with Gasteiger partial charge in [-0.3, -0.25) is 14.4 Å². The van der Waals surface area contributed by atoms with Gasteiger partial charge in [-0.25, -0.2) is 0 Å². The molecule has 3 unspecified atom stereocenters. The number of nitrogens with zero attached hydrogens (tertiary/aromatic N) is 2. The van der Waals surface area contributed by atoms with Gasteiger partial charge >= 0.3 is 5.97 Å². The van der Waals surface area contributed by atoms with Gasteiger partial charge in [-0.05, 0) is 45.4 Å². The second-order valence-electron chi connectivity index (χ2n) is 7.77. The molecule has 31 heavy (non-hydrogen) atoms. The summed E-state index contributed by atoms with van der Waals surface area (Å²) in [6.07, 6.45) is 0.629. The van der Waals surface area contributed by atoms with Crippen molar-refractivity contribution in [2.45, 2.75) is 49.8 Å². The second kappa shape index (κ2) is 10.5. The molecule has 1 aromatic rings. The van der Waals surface area contributed by atoms with Crippen molar-refractivity contribution in [2.75, 3.05) is 23.7 Å². The molecule has 1 aliphatic heterocycles. The van der Waals surface area contributed by atoms with Crippen molar-refractivity contribution in [3.05, 3.63) is 24.3 Å². The van der Waals surface area contributed by atoms with E-state index in [9.17, 15) is 19.5 Å². The number of hydrogen-bond donors (Lipinski definition) is 4. The first-order valence-corrected chi connectivity index (χ1v) is 11.0. The van der Waals surface area contributed by atoms with E-state index in [-0.39, 0.29) is 23.0 Å². The predicted molar refractivity (Wildman–Crippen MR) is 118 cm³/mol. The van der Waals surface area contributed by atoms with E-state index >= 15 is 0 Å². The molecule has 0 bridgehead atoms. The normalized spacial score (nSPS) is 19.6. The molecule has 3 atom stereocenters. The maximum absolute atomic E-state index is 12.7. The van der Waals surface area contributed by atoms with Gasteiger partial charge in [-0.1, -0.05) is 6.07 Å². The van der Waals surface area contributed by atoms with Crippen LogP contribution in [0.1, 0.15) is 33.6 Å². The first-order chi connectivity index (χ1) is 14.6. The average Bonchev–Trinajstić information content (AvgIpc) is 2.99. The third-order valence-corrected chi connectivity index (χ3v) is 6.40. The van der Waals surface area contributed by atoms with Crippen LogP contribution in [0.5, 0.6) is 0 Å². The molecule has 2 rings (SSSR count). The summed E-state index contributed by atoms with van der Waals surface area (Å²) in [6.45, 7) is 5.60. The number of amides is 2. The smallest absolute Gasteiger partial charge is 0.321 e. The molecule has 10 heteroatoms. The number of nitriles is 1. The van der Waals surface area contributed by atoms with Gasteiger partial charge in [-0.2, -0.15) is 5.26 Å². The number of thioether (sulfide) groups is 1. The Morgan fingerprint density at radius 2 is 2.03 bits per heavy atom. The topological polar surface area (TPSA) is 143 Å². The summed E-state index contributed by atoms with van der Waals surface area (Å²) in [5.41, 5.74) is -0.198. The molecular weight excluding hydrogens is 420 g/mol. The Labute approximate surface area is 185 Å². The first-order valence-electron chi connectivity index (χ1n) is 10.0. The summed E-state index contributed by atoms with van der Waals surface area (Å²) in [4.78, 5) is 37.4. The van der Waals surface area contributed by atoms with Crippen LogP contribution in [0.3, 0.4) is 0 Å². The minimum atomic E-state index is -1.49. The van der Waals surface area contributed by atoms with Gasteiger partial charge in [0.25, 0.3) is 5.91 Å². The molecule has 1 heterocycles. The summed E-state index contributed by atoms with van der Waals surface area (Å²) in [5.74, 6) is -2.88. The van der Waals surface area contributed by atoms with Crippen molar-refractivity contribution < 1.29 is 24.6 Å². The number of benzene rings is 1. The van der Waals surface area contributed by atoms with Crippen LogP contribution in [0.15, 0.2) is 24.3 Å². The molecule has 0 aromatic heterocycles. The highest BCUT2D eigenvalue weighted by Gasteiger charge is 2.40. The number of carboxylic acids is 1. The van der Waals surface area contributed by atoms with Crippen molar-refractivity contribution in [3.8, 4) is 6.07 Å². The van der Waals surface area contributed by atoms with Crippen molar-refractivity contribution >= 4 is 40.9 Å². The second-order valence-corrected chi connectivity index (χ2v) is 9.15. The zero-order valence-electron chi connectivity index (χ0n) is 17.8. The average molecular weight is 449 g/mol. The fraction of sp³-hybridized carbons (Fsp3) is 0.524. The summed E-state index contributed by atoms with van der Waals surface area (Å²) in [5, 5.41) is 33.1. The minimum absolute atomic E-state index is 0.0485. The lowest BCUT2D eigenvalue weighted by Gasteiger charge is -2.22. The van der Waals surface area contributed by atoms with E-state index in [1.54, 1.807) is 29.2 Å². The van der Waals surface area contributed by atoms with Crippen LogP contribution in [-0.2, 0) is 14.4 Å². The Morgan fingerprint density at radius 1 is 1.35 bits per heavy atom. The molecule has 2 amide bonds. The van der Waals surface area contributed by atoms with Gasteiger partial charge in [0.15, 0.2) is 0 Å². The molecule has 1 saturated heterocycles. The lowest BCUT2D eigenvalue weighted by molar-refractivity contribution is -0.141. The maximum atomic E-state index is 12.7. The first kappa shape index (κ1) is 24.5. The van der Waals surface area contributed by atoms with E-state index in [0.717, 1.165) is 5.69 Å². The Morgan fingerprint density at radius 3 is 2.61 bits per heavy atom. The molecule has 0 aliphatic carbocycles. The molecule has 1 fully saturated rings. The molecular formula is C21H28N4O5S. The molecule has 4 N–H and O–H groups in total. The number of aliphatic hydroxyl groups is 1. The van der Waals surface area contributed by atoms with Crippen LogP contribution in [0.2, 0.25) is 0 Å². The summed E-state index contributed by atoms with van der Waals surface area (Å²) in [6, 6.07) is 8.83. The zero-order chi connectivity index (χ0) is 23.2. The number of anilines is 2. The van der Waals surface area contributed by atoms with Crippen LogP contribution >= 0.6 is 11.8 Å². The van der Waals surface area contributed by atoms with E-state index in [1.807, 2.05) is 13.0 Å². The number of carboxylic acid groups (broad SMARTS) is 1. The third kappa shape index (κ3) is 6.60. The van der Waals surface area contributed by atoms with Gasteiger partial charge in [0.05, 0.1) is 16.7 Å². The number of hydrogen-bond acceptors (Lipinski definition) is 7. The molecule has 0 radical (unpaired) electrons.